The van der Waals surface area contributed by atoms with Crippen molar-refractivity contribution in [3.63, 3.8) is 0 Å². The van der Waals surface area contributed by atoms with Crippen LogP contribution in [-0.2, 0) is 9.53 Å². The Morgan fingerprint density at radius 3 is 2.78 bits per heavy atom. The first kappa shape index (κ1) is 9.20. The van der Waals surface area contributed by atoms with Crippen molar-refractivity contribution >= 4 is 5.97 Å². The third kappa shape index (κ3) is 6.08. The van der Waals surface area contributed by atoms with Gasteiger partial charge in [-0.1, -0.05) is 0 Å². The van der Waals surface area contributed by atoms with Crippen molar-refractivity contribution in [3.05, 3.63) is 0 Å². The maximum absolute atomic E-state index is 10.6. The van der Waals surface area contributed by atoms with Gasteiger partial charge in [-0.05, 0) is 0 Å². The zero-order chi connectivity index (χ0) is 7.11. The van der Waals surface area contributed by atoms with Gasteiger partial charge in [0.25, 0.3) is 0 Å². The van der Waals surface area contributed by atoms with Gasteiger partial charge in [-0.25, -0.2) is 0 Å². The molecule has 2 nitrogen and oxygen atoms in total. The number of esters is 1. The summed E-state index contributed by atoms with van der Waals surface area (Å²) < 4.78 is 5.78. The molecule has 0 aliphatic rings. The summed E-state index contributed by atoms with van der Waals surface area (Å²) in [6.07, 6.45) is 0.623. The van der Waals surface area contributed by atoms with Crippen LogP contribution in [0.4, 0.5) is 0 Å². The minimum absolute atomic E-state index is 0.0425. The molecule has 0 aliphatic carbocycles. The molecule has 0 bridgehead atoms. The Morgan fingerprint density at radius 1 is 1.67 bits per heavy atom. The molecule has 0 aromatic heterocycles. The fraction of sp³-hybridized carbons (Fsp3) is 0.833. The first-order valence-corrected chi connectivity index (χ1v) is 6.59. The summed E-state index contributed by atoms with van der Waals surface area (Å²) in [4.78, 5) is 12.8. The van der Waals surface area contributed by atoms with Gasteiger partial charge in [-0.15, -0.1) is 0 Å². The van der Waals surface area contributed by atoms with Crippen LogP contribution in [-0.4, -0.2) is 21.9 Å². The van der Waals surface area contributed by atoms with Crippen molar-refractivity contribution in [2.75, 3.05) is 16.0 Å². The SMILES string of the molecule is CCOC(=O)CC[I-]C. The van der Waals surface area contributed by atoms with Crippen molar-refractivity contribution in [2.24, 2.45) is 0 Å². The molecule has 0 spiro atoms. The quantitative estimate of drug-likeness (QED) is 0.314. The molecule has 0 rings (SSSR count). The van der Waals surface area contributed by atoms with Crippen molar-refractivity contribution < 1.29 is 30.7 Å². The van der Waals surface area contributed by atoms with Crippen molar-refractivity contribution in [1.82, 2.24) is 0 Å². The predicted octanol–water partition coefficient (Wildman–Crippen LogP) is -2.34. The van der Waals surface area contributed by atoms with E-state index in [1.54, 1.807) is 0 Å². The molecular weight excluding hydrogens is 231 g/mol. The third-order valence-electron chi connectivity index (χ3n) is 0.793. The van der Waals surface area contributed by atoms with Crippen LogP contribution in [0.2, 0.25) is 0 Å². The van der Waals surface area contributed by atoms with Gasteiger partial charge in [-0.3, -0.25) is 0 Å². The van der Waals surface area contributed by atoms with Crippen LogP contribution in [0.5, 0.6) is 0 Å². The van der Waals surface area contributed by atoms with Crippen LogP contribution in [0.3, 0.4) is 0 Å². The molecule has 0 atom stereocenters. The van der Waals surface area contributed by atoms with Crippen LogP contribution in [0.25, 0.3) is 0 Å². The zero-order valence-corrected chi connectivity index (χ0v) is 7.97. The molecule has 0 saturated heterocycles. The number of alkyl halides is 2. The Balaban J connectivity index is 3.06. The fourth-order valence-corrected chi connectivity index (χ4v) is 1.38. The van der Waals surface area contributed by atoms with Gasteiger partial charge in [0.2, 0.25) is 0 Å². The topological polar surface area (TPSA) is 26.3 Å². The molecule has 0 aliphatic heterocycles. The Morgan fingerprint density at radius 2 is 2.33 bits per heavy atom. The first-order chi connectivity index (χ1) is 4.31. The van der Waals surface area contributed by atoms with Gasteiger partial charge in [0.1, 0.15) is 0 Å². The van der Waals surface area contributed by atoms with E-state index in [1.807, 2.05) is 6.92 Å². The summed E-state index contributed by atoms with van der Waals surface area (Å²) >= 11 is 0.262. The molecule has 0 radical (unpaired) electrons. The summed E-state index contributed by atoms with van der Waals surface area (Å²) in [6, 6.07) is 0. The molecule has 0 heterocycles. The number of ether oxygens (including phenoxy) is 1. The molecule has 0 unspecified atom stereocenters. The van der Waals surface area contributed by atoms with E-state index in [1.165, 1.54) is 0 Å². The summed E-state index contributed by atoms with van der Waals surface area (Å²) in [7, 11) is 0. The van der Waals surface area contributed by atoms with E-state index in [2.05, 4.69) is 4.93 Å². The van der Waals surface area contributed by atoms with E-state index in [9.17, 15) is 4.79 Å². The summed E-state index contributed by atoms with van der Waals surface area (Å²) in [5.74, 6) is -0.0425. The average Bonchev–Trinajstić information content (AvgIpc) is 1.85. The molecule has 0 N–H and O–H groups in total. The van der Waals surface area contributed by atoms with Crippen LogP contribution in [0, 0.1) is 0 Å². The molecule has 0 amide bonds. The predicted molar refractivity (Wildman–Crippen MR) is 32.0 cm³/mol. The molecule has 0 aromatic carbocycles. The van der Waals surface area contributed by atoms with E-state index >= 15 is 0 Å². The monoisotopic (exact) mass is 243 g/mol. The number of carbonyl (C=O) groups excluding carboxylic acids is 1. The second-order valence-corrected chi connectivity index (χ2v) is 4.12. The van der Waals surface area contributed by atoms with Gasteiger partial charge in [0.15, 0.2) is 0 Å². The van der Waals surface area contributed by atoms with E-state index in [4.69, 9.17) is 4.74 Å². The molecular formula is C6H12IO2-. The van der Waals surface area contributed by atoms with E-state index in [0.717, 1.165) is 4.43 Å². The van der Waals surface area contributed by atoms with Gasteiger partial charge >= 0.3 is 66.0 Å². The minimum atomic E-state index is -0.0425. The van der Waals surface area contributed by atoms with Gasteiger partial charge in [-0.2, -0.15) is 0 Å². The third-order valence-corrected chi connectivity index (χ3v) is 2.41. The average molecular weight is 243 g/mol. The Bertz CT molecular complexity index is 83.1. The Hall–Kier alpha value is 0.200. The van der Waals surface area contributed by atoms with Crippen molar-refractivity contribution in [2.45, 2.75) is 13.3 Å². The second kappa shape index (κ2) is 6.32. The van der Waals surface area contributed by atoms with Gasteiger partial charge in [0, 0.05) is 0 Å². The molecule has 3 heteroatoms. The van der Waals surface area contributed by atoms with E-state index in [0.29, 0.717) is 13.0 Å². The van der Waals surface area contributed by atoms with Crippen LogP contribution in [0.1, 0.15) is 13.3 Å². The number of rotatable bonds is 4. The standard InChI is InChI=1S/C6H12IO2/c1-3-9-6(8)4-5-7-2/h3-5H2,1-2H3/q-1. The molecule has 0 saturated carbocycles. The van der Waals surface area contributed by atoms with Gasteiger partial charge < -0.3 is 0 Å². The number of hydrogen-bond donors (Lipinski definition) is 0. The molecule has 56 valence electrons. The Kier molecular flexibility index (Phi) is 6.46. The van der Waals surface area contributed by atoms with Crippen molar-refractivity contribution in [1.29, 1.82) is 0 Å². The normalized spacial score (nSPS) is 9.56. The summed E-state index contributed by atoms with van der Waals surface area (Å²) in [5.41, 5.74) is 0. The summed E-state index contributed by atoms with van der Waals surface area (Å²) in [6.45, 7) is 2.35. The number of hydrogen-bond acceptors (Lipinski definition) is 2. The maximum atomic E-state index is 10.6. The molecule has 9 heavy (non-hydrogen) atoms. The molecule has 0 fully saturated rings. The Labute approximate surface area is 66.2 Å². The van der Waals surface area contributed by atoms with Crippen LogP contribution >= 0.6 is 0 Å². The zero-order valence-electron chi connectivity index (χ0n) is 5.82. The number of halogens is 1. The fourth-order valence-electron chi connectivity index (χ4n) is 0.405. The first-order valence-electron chi connectivity index (χ1n) is 2.90. The van der Waals surface area contributed by atoms with Crippen LogP contribution < -0.4 is 21.2 Å². The molecule has 0 aromatic rings. The van der Waals surface area contributed by atoms with E-state index in [-0.39, 0.29) is 27.2 Å². The second-order valence-electron chi connectivity index (χ2n) is 1.51. The number of carbonyl (C=O) groups is 1. The van der Waals surface area contributed by atoms with Crippen molar-refractivity contribution in [3.8, 4) is 0 Å². The van der Waals surface area contributed by atoms with Gasteiger partial charge in [0.05, 0.1) is 0 Å². The summed E-state index contributed by atoms with van der Waals surface area (Å²) in [5, 5.41) is 0. The van der Waals surface area contributed by atoms with Crippen LogP contribution in [0.15, 0.2) is 0 Å². The van der Waals surface area contributed by atoms with E-state index < -0.39 is 0 Å².